The van der Waals surface area contributed by atoms with Crippen molar-refractivity contribution < 1.29 is 4.79 Å². The van der Waals surface area contributed by atoms with Crippen molar-refractivity contribution in [3.05, 3.63) is 29.8 Å². The lowest BCUT2D eigenvalue weighted by atomic mass is 10.2. The Morgan fingerprint density at radius 3 is 2.53 bits per heavy atom. The number of amides is 1. The van der Waals surface area contributed by atoms with Gasteiger partial charge in [0.25, 0.3) is 5.91 Å². The first-order valence-corrected chi connectivity index (χ1v) is 5.74. The third kappa shape index (κ3) is 4.26. The summed E-state index contributed by atoms with van der Waals surface area (Å²) in [5.41, 5.74) is 4.18. The smallest absolute Gasteiger partial charge is 0.271 e. The van der Waals surface area contributed by atoms with Crippen molar-refractivity contribution in [1.82, 2.24) is 5.43 Å². The minimum absolute atomic E-state index is 0.178. The number of rotatable bonds is 5. The fraction of sp³-hybridized carbons (Fsp3) is 0.385. The van der Waals surface area contributed by atoms with Gasteiger partial charge in [0, 0.05) is 31.6 Å². The van der Waals surface area contributed by atoms with E-state index in [0.717, 1.165) is 18.5 Å². The first-order valence-electron chi connectivity index (χ1n) is 5.74. The van der Waals surface area contributed by atoms with E-state index in [4.69, 9.17) is 0 Å². The molecule has 1 aromatic rings. The zero-order valence-corrected chi connectivity index (χ0v) is 10.6. The highest BCUT2D eigenvalue weighted by Crippen LogP contribution is 2.11. The Morgan fingerprint density at radius 2 is 2.00 bits per heavy atom. The van der Waals surface area contributed by atoms with Gasteiger partial charge in [0.2, 0.25) is 0 Å². The molecule has 0 bridgehead atoms. The van der Waals surface area contributed by atoms with Crippen LogP contribution in [0.25, 0.3) is 0 Å². The summed E-state index contributed by atoms with van der Waals surface area (Å²) < 4.78 is 0. The fourth-order valence-corrected chi connectivity index (χ4v) is 1.27. The van der Waals surface area contributed by atoms with Gasteiger partial charge in [0.1, 0.15) is 0 Å². The van der Waals surface area contributed by atoms with Crippen LogP contribution in [0.3, 0.4) is 0 Å². The van der Waals surface area contributed by atoms with Gasteiger partial charge < -0.3 is 4.90 Å². The van der Waals surface area contributed by atoms with Gasteiger partial charge >= 0.3 is 0 Å². The van der Waals surface area contributed by atoms with Gasteiger partial charge in [0.05, 0.1) is 0 Å². The summed E-state index contributed by atoms with van der Waals surface area (Å²) in [5.74, 6) is -0.178. The predicted molar refractivity (Wildman–Crippen MR) is 71.6 cm³/mol. The summed E-state index contributed by atoms with van der Waals surface area (Å²) in [7, 11) is 3.92. The molecule has 0 aromatic heterocycles. The number of carbonyl (C=O) groups excluding carboxylic acids is 1. The Labute approximate surface area is 102 Å². The molecule has 0 radical (unpaired) electrons. The van der Waals surface area contributed by atoms with E-state index < -0.39 is 0 Å². The second kappa shape index (κ2) is 6.68. The van der Waals surface area contributed by atoms with Crippen molar-refractivity contribution in [2.45, 2.75) is 19.8 Å². The van der Waals surface area contributed by atoms with Crippen molar-refractivity contribution in [1.29, 1.82) is 0 Å². The molecule has 0 saturated heterocycles. The van der Waals surface area contributed by atoms with E-state index in [2.05, 4.69) is 17.5 Å². The third-order valence-corrected chi connectivity index (χ3v) is 2.32. The average molecular weight is 233 g/mol. The molecule has 0 spiro atoms. The highest BCUT2D eigenvalue weighted by Gasteiger charge is 2.03. The van der Waals surface area contributed by atoms with Crippen molar-refractivity contribution >= 4 is 17.8 Å². The van der Waals surface area contributed by atoms with Crippen LogP contribution in [0.1, 0.15) is 30.1 Å². The van der Waals surface area contributed by atoms with E-state index in [9.17, 15) is 4.79 Å². The molecule has 4 heteroatoms. The Bertz CT molecular complexity index is 382. The van der Waals surface area contributed by atoms with Crippen LogP contribution < -0.4 is 10.3 Å². The van der Waals surface area contributed by atoms with E-state index in [1.807, 2.05) is 31.1 Å². The Hall–Kier alpha value is -1.84. The number of hydrogen-bond donors (Lipinski definition) is 1. The van der Waals surface area contributed by atoms with Gasteiger partial charge in [-0.2, -0.15) is 5.10 Å². The number of nitrogens with one attached hydrogen (secondary N) is 1. The maximum Gasteiger partial charge on any atom is 0.271 e. The normalized spacial score (nSPS) is 10.5. The van der Waals surface area contributed by atoms with Crippen LogP contribution in [0.2, 0.25) is 0 Å². The van der Waals surface area contributed by atoms with E-state index >= 15 is 0 Å². The zero-order valence-electron chi connectivity index (χ0n) is 10.6. The highest BCUT2D eigenvalue weighted by molar-refractivity contribution is 5.94. The fourth-order valence-electron chi connectivity index (χ4n) is 1.27. The molecule has 4 nitrogen and oxygen atoms in total. The van der Waals surface area contributed by atoms with Crippen LogP contribution in [0.15, 0.2) is 29.4 Å². The van der Waals surface area contributed by atoms with Crippen LogP contribution in [0.5, 0.6) is 0 Å². The molecule has 0 heterocycles. The first-order chi connectivity index (χ1) is 8.15. The van der Waals surface area contributed by atoms with Crippen LogP contribution >= 0.6 is 0 Å². The summed E-state index contributed by atoms with van der Waals surface area (Å²) in [4.78, 5) is 13.6. The van der Waals surface area contributed by atoms with E-state index in [-0.39, 0.29) is 5.91 Å². The number of hydrazone groups is 1. The zero-order chi connectivity index (χ0) is 12.7. The molecular formula is C13H19N3O. The van der Waals surface area contributed by atoms with E-state index in [0.29, 0.717) is 5.56 Å². The van der Waals surface area contributed by atoms with E-state index in [1.165, 1.54) is 0 Å². The quantitative estimate of drug-likeness (QED) is 0.626. The van der Waals surface area contributed by atoms with Crippen LogP contribution in [0.4, 0.5) is 5.69 Å². The molecule has 0 aliphatic heterocycles. The molecule has 0 aliphatic rings. The molecule has 0 unspecified atom stereocenters. The van der Waals surface area contributed by atoms with Gasteiger partial charge in [-0.15, -0.1) is 0 Å². The molecule has 0 aliphatic carbocycles. The summed E-state index contributed by atoms with van der Waals surface area (Å²) in [6.07, 6.45) is 3.61. The largest absolute Gasteiger partial charge is 0.378 e. The van der Waals surface area contributed by atoms with Crippen molar-refractivity contribution in [3.8, 4) is 0 Å². The second-order valence-electron chi connectivity index (χ2n) is 3.98. The molecule has 17 heavy (non-hydrogen) atoms. The molecule has 0 fully saturated rings. The molecule has 1 amide bonds. The van der Waals surface area contributed by atoms with Crippen LogP contribution in [-0.2, 0) is 0 Å². The van der Waals surface area contributed by atoms with Gasteiger partial charge in [0.15, 0.2) is 0 Å². The van der Waals surface area contributed by atoms with Crippen molar-refractivity contribution in [3.63, 3.8) is 0 Å². The maximum atomic E-state index is 11.7. The SMILES string of the molecule is CCCC=NNC(=O)c1ccc(N(C)C)cc1. The lowest BCUT2D eigenvalue weighted by Crippen LogP contribution is -2.17. The molecule has 92 valence electrons. The van der Waals surface area contributed by atoms with Gasteiger partial charge in [-0.05, 0) is 30.7 Å². The monoisotopic (exact) mass is 233 g/mol. The molecule has 1 N–H and O–H groups in total. The number of carbonyl (C=O) groups is 1. The van der Waals surface area contributed by atoms with Crippen LogP contribution in [-0.4, -0.2) is 26.2 Å². The van der Waals surface area contributed by atoms with Crippen molar-refractivity contribution in [2.75, 3.05) is 19.0 Å². The topological polar surface area (TPSA) is 44.7 Å². The standard InChI is InChI=1S/C13H19N3O/c1-4-5-10-14-15-13(17)11-6-8-12(9-7-11)16(2)3/h6-10H,4-5H2,1-3H3,(H,15,17). The summed E-state index contributed by atoms with van der Waals surface area (Å²) in [6, 6.07) is 7.40. The highest BCUT2D eigenvalue weighted by atomic mass is 16.2. The number of anilines is 1. The average Bonchev–Trinajstić information content (AvgIpc) is 2.34. The molecule has 0 atom stereocenters. The van der Waals surface area contributed by atoms with Crippen molar-refractivity contribution in [2.24, 2.45) is 5.10 Å². The number of benzene rings is 1. The summed E-state index contributed by atoms with van der Waals surface area (Å²) in [6.45, 7) is 2.06. The number of hydrogen-bond acceptors (Lipinski definition) is 3. The van der Waals surface area contributed by atoms with Gasteiger partial charge in [-0.1, -0.05) is 13.3 Å². The Kier molecular flexibility index (Phi) is 5.20. The third-order valence-electron chi connectivity index (χ3n) is 2.32. The lowest BCUT2D eigenvalue weighted by Gasteiger charge is -2.12. The molecular weight excluding hydrogens is 214 g/mol. The van der Waals surface area contributed by atoms with Gasteiger partial charge in [-0.3, -0.25) is 4.79 Å². The Morgan fingerprint density at radius 1 is 1.35 bits per heavy atom. The number of nitrogens with zero attached hydrogens (tertiary/aromatic N) is 2. The second-order valence-corrected chi connectivity index (χ2v) is 3.98. The summed E-state index contributed by atoms with van der Waals surface area (Å²) in [5, 5.41) is 3.86. The lowest BCUT2D eigenvalue weighted by molar-refractivity contribution is 0.0955. The maximum absolute atomic E-state index is 11.7. The van der Waals surface area contributed by atoms with Gasteiger partial charge in [-0.25, -0.2) is 5.43 Å². The van der Waals surface area contributed by atoms with E-state index in [1.54, 1.807) is 18.3 Å². The minimum atomic E-state index is -0.178. The first kappa shape index (κ1) is 13.2. The predicted octanol–water partition coefficient (Wildman–Crippen LogP) is 2.27. The molecule has 1 rings (SSSR count). The Balaban J connectivity index is 2.57. The van der Waals surface area contributed by atoms with Crippen LogP contribution in [0, 0.1) is 0 Å². The molecule has 1 aromatic carbocycles. The molecule has 0 saturated carbocycles. The summed E-state index contributed by atoms with van der Waals surface area (Å²) >= 11 is 0. The number of unbranched alkanes of at least 4 members (excludes halogenated alkanes) is 1. The minimum Gasteiger partial charge on any atom is -0.378 e.